The lowest BCUT2D eigenvalue weighted by Crippen LogP contribution is -2.23. The predicted molar refractivity (Wildman–Crippen MR) is 92.1 cm³/mol. The standard InChI is InChI=1S/C19H33NO/c1-5-7-8-9-10-11-19(20-14-6-2)18-13-12-17(21-4)15-16(18)3/h12-13,15,19-20H,5-11,14H2,1-4H3. The summed E-state index contributed by atoms with van der Waals surface area (Å²) in [5.74, 6) is 0.952. The lowest BCUT2D eigenvalue weighted by atomic mass is 9.95. The zero-order chi connectivity index (χ0) is 15.5. The first-order valence-electron chi connectivity index (χ1n) is 8.60. The van der Waals surface area contributed by atoms with Crippen LogP contribution in [-0.2, 0) is 0 Å². The van der Waals surface area contributed by atoms with Crippen molar-refractivity contribution in [1.82, 2.24) is 5.32 Å². The fraction of sp³-hybridized carbons (Fsp3) is 0.684. The molecule has 0 aliphatic carbocycles. The molecule has 0 aliphatic heterocycles. The van der Waals surface area contributed by atoms with E-state index in [1.165, 1.54) is 56.1 Å². The summed E-state index contributed by atoms with van der Waals surface area (Å²) < 4.78 is 5.32. The van der Waals surface area contributed by atoms with E-state index >= 15 is 0 Å². The fourth-order valence-corrected chi connectivity index (χ4v) is 2.80. The van der Waals surface area contributed by atoms with Crippen molar-refractivity contribution in [1.29, 1.82) is 0 Å². The first-order chi connectivity index (χ1) is 10.2. The summed E-state index contributed by atoms with van der Waals surface area (Å²) in [5.41, 5.74) is 2.76. The summed E-state index contributed by atoms with van der Waals surface area (Å²) in [4.78, 5) is 0. The molecule has 1 atom stereocenters. The van der Waals surface area contributed by atoms with Gasteiger partial charge in [0.25, 0.3) is 0 Å². The first-order valence-corrected chi connectivity index (χ1v) is 8.60. The van der Waals surface area contributed by atoms with Gasteiger partial charge in [-0.3, -0.25) is 0 Å². The largest absolute Gasteiger partial charge is 0.497 e. The number of nitrogens with one attached hydrogen (secondary N) is 1. The highest BCUT2D eigenvalue weighted by Crippen LogP contribution is 2.26. The number of unbranched alkanes of at least 4 members (excludes halogenated alkanes) is 4. The van der Waals surface area contributed by atoms with Crippen LogP contribution in [0.25, 0.3) is 0 Å². The second kappa shape index (κ2) is 10.7. The number of aryl methyl sites for hydroxylation is 1. The average molecular weight is 291 g/mol. The summed E-state index contributed by atoms with van der Waals surface area (Å²) >= 11 is 0. The van der Waals surface area contributed by atoms with E-state index in [0.29, 0.717) is 6.04 Å². The maximum Gasteiger partial charge on any atom is 0.119 e. The van der Waals surface area contributed by atoms with Gasteiger partial charge in [-0.1, -0.05) is 52.0 Å². The molecule has 0 bridgehead atoms. The second-order valence-electron chi connectivity index (χ2n) is 5.93. The maximum atomic E-state index is 5.32. The molecule has 120 valence electrons. The molecule has 0 aliphatic rings. The number of hydrogen-bond donors (Lipinski definition) is 1. The van der Waals surface area contributed by atoms with E-state index in [9.17, 15) is 0 Å². The highest BCUT2D eigenvalue weighted by molar-refractivity contribution is 5.36. The molecular weight excluding hydrogens is 258 g/mol. The van der Waals surface area contributed by atoms with Gasteiger partial charge in [0.05, 0.1) is 7.11 Å². The SMILES string of the molecule is CCCCCCCC(NCCC)c1ccc(OC)cc1C. The third-order valence-corrected chi connectivity index (χ3v) is 4.09. The molecule has 2 heteroatoms. The molecule has 0 spiro atoms. The number of benzene rings is 1. The Hall–Kier alpha value is -1.02. The summed E-state index contributed by atoms with van der Waals surface area (Å²) in [6, 6.07) is 6.94. The van der Waals surface area contributed by atoms with Crippen LogP contribution in [0.15, 0.2) is 18.2 Å². The molecule has 0 heterocycles. The quantitative estimate of drug-likeness (QED) is 0.551. The van der Waals surface area contributed by atoms with Crippen molar-refractivity contribution in [2.45, 2.75) is 71.8 Å². The summed E-state index contributed by atoms with van der Waals surface area (Å²) in [7, 11) is 1.73. The normalized spacial score (nSPS) is 12.4. The molecule has 1 rings (SSSR count). The summed E-state index contributed by atoms with van der Waals surface area (Å²) in [6.07, 6.45) is 9.14. The molecule has 1 aromatic carbocycles. The van der Waals surface area contributed by atoms with Crippen molar-refractivity contribution in [3.05, 3.63) is 29.3 Å². The van der Waals surface area contributed by atoms with Crippen molar-refractivity contribution >= 4 is 0 Å². The Balaban J connectivity index is 2.63. The van der Waals surface area contributed by atoms with E-state index in [4.69, 9.17) is 4.74 Å². The van der Waals surface area contributed by atoms with Crippen molar-refractivity contribution in [2.75, 3.05) is 13.7 Å². The molecule has 0 radical (unpaired) electrons. The third kappa shape index (κ3) is 6.52. The van der Waals surface area contributed by atoms with Gasteiger partial charge in [0, 0.05) is 6.04 Å². The average Bonchev–Trinajstić information content (AvgIpc) is 2.50. The topological polar surface area (TPSA) is 21.3 Å². The van der Waals surface area contributed by atoms with Gasteiger partial charge in [0.2, 0.25) is 0 Å². The Morgan fingerprint density at radius 3 is 2.43 bits per heavy atom. The number of rotatable bonds is 11. The summed E-state index contributed by atoms with van der Waals surface area (Å²) in [5, 5.41) is 3.71. The molecular formula is C19H33NO. The van der Waals surface area contributed by atoms with Crippen molar-refractivity contribution < 1.29 is 4.74 Å². The van der Waals surface area contributed by atoms with Crippen LogP contribution in [0.5, 0.6) is 5.75 Å². The highest BCUT2D eigenvalue weighted by Gasteiger charge is 2.13. The molecule has 1 N–H and O–H groups in total. The first kappa shape index (κ1) is 18.0. The molecule has 1 unspecified atom stereocenters. The highest BCUT2D eigenvalue weighted by atomic mass is 16.5. The maximum absolute atomic E-state index is 5.32. The van der Waals surface area contributed by atoms with Crippen LogP contribution in [0, 0.1) is 6.92 Å². The Morgan fingerprint density at radius 2 is 1.81 bits per heavy atom. The van der Waals surface area contributed by atoms with E-state index in [1.807, 2.05) is 0 Å². The van der Waals surface area contributed by atoms with Gasteiger partial charge >= 0.3 is 0 Å². The van der Waals surface area contributed by atoms with Crippen LogP contribution >= 0.6 is 0 Å². The van der Waals surface area contributed by atoms with E-state index in [1.54, 1.807) is 7.11 Å². The van der Waals surface area contributed by atoms with Gasteiger partial charge in [-0.15, -0.1) is 0 Å². The Labute approximate surface area is 131 Å². The molecule has 0 saturated carbocycles. The van der Waals surface area contributed by atoms with E-state index in [2.05, 4.69) is 44.3 Å². The van der Waals surface area contributed by atoms with Crippen molar-refractivity contribution in [3.63, 3.8) is 0 Å². The molecule has 1 aromatic rings. The van der Waals surface area contributed by atoms with Crippen LogP contribution in [0.3, 0.4) is 0 Å². The number of ether oxygens (including phenoxy) is 1. The van der Waals surface area contributed by atoms with E-state index in [0.717, 1.165) is 12.3 Å². The van der Waals surface area contributed by atoms with Gasteiger partial charge in [0.1, 0.15) is 5.75 Å². The van der Waals surface area contributed by atoms with E-state index in [-0.39, 0.29) is 0 Å². The van der Waals surface area contributed by atoms with Gasteiger partial charge < -0.3 is 10.1 Å². The minimum Gasteiger partial charge on any atom is -0.497 e. The molecule has 21 heavy (non-hydrogen) atoms. The minimum absolute atomic E-state index is 0.484. The smallest absolute Gasteiger partial charge is 0.119 e. The van der Waals surface area contributed by atoms with Gasteiger partial charge in [-0.05, 0) is 49.6 Å². The Morgan fingerprint density at radius 1 is 1.05 bits per heavy atom. The lowest BCUT2D eigenvalue weighted by molar-refractivity contribution is 0.413. The Bertz CT molecular complexity index is 389. The molecule has 0 saturated heterocycles. The Kier molecular flexibility index (Phi) is 9.16. The second-order valence-corrected chi connectivity index (χ2v) is 5.93. The zero-order valence-corrected chi connectivity index (χ0v) is 14.4. The number of hydrogen-bond acceptors (Lipinski definition) is 2. The third-order valence-electron chi connectivity index (χ3n) is 4.09. The predicted octanol–water partition coefficient (Wildman–Crippen LogP) is 5.40. The molecule has 0 aromatic heterocycles. The molecule has 0 fully saturated rings. The van der Waals surface area contributed by atoms with Crippen LogP contribution in [0.4, 0.5) is 0 Å². The monoisotopic (exact) mass is 291 g/mol. The summed E-state index contributed by atoms with van der Waals surface area (Å²) in [6.45, 7) is 7.78. The van der Waals surface area contributed by atoms with Gasteiger partial charge in [-0.2, -0.15) is 0 Å². The fourth-order valence-electron chi connectivity index (χ4n) is 2.80. The molecule has 0 amide bonds. The van der Waals surface area contributed by atoms with Gasteiger partial charge in [0.15, 0.2) is 0 Å². The van der Waals surface area contributed by atoms with Crippen molar-refractivity contribution in [2.24, 2.45) is 0 Å². The zero-order valence-electron chi connectivity index (χ0n) is 14.4. The van der Waals surface area contributed by atoms with Crippen molar-refractivity contribution in [3.8, 4) is 5.75 Å². The lowest BCUT2D eigenvalue weighted by Gasteiger charge is -2.21. The minimum atomic E-state index is 0.484. The van der Waals surface area contributed by atoms with Crippen LogP contribution < -0.4 is 10.1 Å². The molecule has 2 nitrogen and oxygen atoms in total. The van der Waals surface area contributed by atoms with Gasteiger partial charge in [-0.25, -0.2) is 0 Å². The van der Waals surface area contributed by atoms with Crippen LogP contribution in [0.1, 0.15) is 76.0 Å². The van der Waals surface area contributed by atoms with Crippen LogP contribution in [-0.4, -0.2) is 13.7 Å². The number of methoxy groups -OCH3 is 1. The van der Waals surface area contributed by atoms with E-state index < -0.39 is 0 Å². The van der Waals surface area contributed by atoms with Crippen LogP contribution in [0.2, 0.25) is 0 Å².